The number of hydrogen-bond acceptors (Lipinski definition) is 9. The van der Waals surface area contributed by atoms with E-state index in [0.717, 1.165) is 36.6 Å². The quantitative estimate of drug-likeness (QED) is 0.212. The van der Waals surface area contributed by atoms with E-state index in [1.807, 2.05) is 52.0 Å². The minimum Gasteiger partial charge on any atom is -0.493 e. The number of Topliss-reactive ketones (excluding diaryl/α,β-unsaturated/α-hetero) is 1. The van der Waals surface area contributed by atoms with Crippen molar-refractivity contribution in [1.29, 1.82) is 0 Å². The van der Waals surface area contributed by atoms with Crippen LogP contribution in [0.3, 0.4) is 0 Å². The summed E-state index contributed by atoms with van der Waals surface area (Å²) >= 11 is 0. The first-order chi connectivity index (χ1) is 19.2. The molecule has 0 radical (unpaired) electrons. The van der Waals surface area contributed by atoms with Gasteiger partial charge >= 0.3 is 5.97 Å². The molecule has 216 valence electrons. The Labute approximate surface area is 235 Å². The average molecular weight is 554 g/mol. The molecule has 0 unspecified atom stereocenters. The van der Waals surface area contributed by atoms with Crippen LogP contribution in [0, 0.1) is 0 Å². The van der Waals surface area contributed by atoms with Crippen LogP contribution in [-0.2, 0) is 33.6 Å². The fourth-order valence-electron chi connectivity index (χ4n) is 3.67. The number of nitrogens with zero attached hydrogens (tertiary/aromatic N) is 3. The Bertz CT molecular complexity index is 1240. The Morgan fingerprint density at radius 3 is 2.08 bits per heavy atom. The molecule has 0 saturated carbocycles. The Kier molecular flexibility index (Phi) is 13.4. The van der Waals surface area contributed by atoms with E-state index in [9.17, 15) is 14.4 Å². The van der Waals surface area contributed by atoms with Gasteiger partial charge in [0.2, 0.25) is 11.8 Å². The van der Waals surface area contributed by atoms with Crippen LogP contribution >= 0.6 is 0 Å². The number of esters is 1. The van der Waals surface area contributed by atoms with Gasteiger partial charge in [0.15, 0.2) is 0 Å². The molecular formula is C30H39N3O7. The van der Waals surface area contributed by atoms with Gasteiger partial charge in [0.25, 0.3) is 5.91 Å². The summed E-state index contributed by atoms with van der Waals surface area (Å²) in [6, 6.07) is 12.4. The van der Waals surface area contributed by atoms with E-state index in [-0.39, 0.29) is 37.4 Å². The van der Waals surface area contributed by atoms with Gasteiger partial charge in [0, 0.05) is 31.5 Å². The summed E-state index contributed by atoms with van der Waals surface area (Å²) in [6.45, 7) is 11.2. The largest absolute Gasteiger partial charge is 0.493 e. The van der Waals surface area contributed by atoms with Gasteiger partial charge in [0.05, 0.1) is 18.7 Å². The molecule has 10 heteroatoms. The van der Waals surface area contributed by atoms with Gasteiger partial charge in [-0.1, -0.05) is 39.0 Å². The fraction of sp³-hybridized carbons (Fsp3) is 0.433. The highest BCUT2D eigenvalue weighted by molar-refractivity contribution is 6.10. The molecule has 0 saturated heterocycles. The second kappa shape index (κ2) is 16.7. The van der Waals surface area contributed by atoms with Gasteiger partial charge in [0.1, 0.15) is 30.5 Å². The lowest BCUT2D eigenvalue weighted by atomic mass is 10.1. The number of rotatable bonds is 13. The van der Waals surface area contributed by atoms with E-state index >= 15 is 0 Å². The summed E-state index contributed by atoms with van der Waals surface area (Å²) in [7, 11) is 0. The van der Waals surface area contributed by atoms with Gasteiger partial charge in [-0.3, -0.25) is 14.4 Å². The summed E-state index contributed by atoms with van der Waals surface area (Å²) in [5.41, 5.74) is 2.01. The van der Waals surface area contributed by atoms with Gasteiger partial charge in [-0.05, 0) is 44.0 Å². The van der Waals surface area contributed by atoms with E-state index in [0.29, 0.717) is 29.4 Å². The van der Waals surface area contributed by atoms with E-state index in [4.69, 9.17) is 18.6 Å². The number of amides is 1. The lowest BCUT2D eigenvalue weighted by molar-refractivity contribution is -0.141. The minimum atomic E-state index is -0.377. The molecular weight excluding hydrogens is 514 g/mol. The van der Waals surface area contributed by atoms with Crippen molar-refractivity contribution in [2.45, 2.75) is 60.8 Å². The van der Waals surface area contributed by atoms with E-state index in [2.05, 4.69) is 10.2 Å². The van der Waals surface area contributed by atoms with Crippen LogP contribution in [-0.4, -0.2) is 54.2 Å². The molecule has 2 aromatic carbocycles. The Hall–Kier alpha value is -4.21. The highest BCUT2D eigenvalue weighted by atomic mass is 16.6. The lowest BCUT2D eigenvalue weighted by Gasteiger charge is -2.25. The van der Waals surface area contributed by atoms with Crippen molar-refractivity contribution in [2.75, 3.05) is 31.3 Å². The first kappa shape index (κ1) is 32.0. The molecule has 0 fully saturated rings. The number of aryl methyl sites for hydroxylation is 3. The Morgan fingerprint density at radius 1 is 0.850 bits per heavy atom. The zero-order chi connectivity index (χ0) is 29.5. The molecule has 3 rings (SSSR count). The first-order valence-electron chi connectivity index (χ1n) is 13.5. The summed E-state index contributed by atoms with van der Waals surface area (Å²) < 4.78 is 21.3. The van der Waals surface area contributed by atoms with Gasteiger partial charge < -0.3 is 23.5 Å². The summed E-state index contributed by atoms with van der Waals surface area (Å²) in [5.74, 6) is 1.48. The number of ketones is 1. The maximum atomic E-state index is 13.5. The van der Waals surface area contributed by atoms with Crippen molar-refractivity contribution in [2.24, 2.45) is 0 Å². The number of benzene rings is 2. The van der Waals surface area contributed by atoms with Crippen LogP contribution in [0.1, 0.15) is 69.2 Å². The van der Waals surface area contributed by atoms with Crippen LogP contribution in [0.5, 0.6) is 11.5 Å². The van der Waals surface area contributed by atoms with Crippen molar-refractivity contribution < 1.29 is 33.0 Å². The van der Waals surface area contributed by atoms with Crippen LogP contribution < -0.4 is 14.4 Å². The third kappa shape index (κ3) is 9.83. The third-order valence-electron chi connectivity index (χ3n) is 5.54. The zero-order valence-corrected chi connectivity index (χ0v) is 24.2. The molecule has 0 aliphatic heterocycles. The number of anilines is 1. The number of carbonyl (C=O) groups excluding carboxylic acids is 3. The number of carbonyl (C=O) groups is 3. The third-order valence-corrected chi connectivity index (χ3v) is 5.54. The summed E-state index contributed by atoms with van der Waals surface area (Å²) in [5, 5.41) is 7.58. The smallest absolute Gasteiger partial charge is 0.302 e. The Morgan fingerprint density at radius 2 is 1.52 bits per heavy atom. The molecule has 0 aliphatic carbocycles. The number of aromatic nitrogens is 2. The monoisotopic (exact) mass is 553 g/mol. The predicted octanol–water partition coefficient (Wildman–Crippen LogP) is 5.02. The molecule has 0 atom stereocenters. The van der Waals surface area contributed by atoms with E-state index in [1.165, 1.54) is 18.7 Å². The maximum Gasteiger partial charge on any atom is 0.302 e. The SMILES string of the molecule is CCOc1cc(OCCOC(C)=O)ccc1C(=O)N(CC(C)=O)c1ccccc1CC.CCc1nnc(CC)o1. The standard InChI is InChI=1S/C24H29NO6.C6H10N2O/c1-5-19-9-7-8-10-22(19)25(16-17(3)26)24(28)21-12-11-20(15-23(21)29-6-2)31-14-13-30-18(4)27;1-3-5-7-8-6(4-2)9-5/h7-12,15H,5-6,13-14,16H2,1-4H3;3-4H2,1-2H3. The number of para-hydroxylation sites is 1. The molecule has 1 aromatic heterocycles. The van der Waals surface area contributed by atoms with Crippen LogP contribution in [0.4, 0.5) is 5.69 Å². The average Bonchev–Trinajstić information content (AvgIpc) is 3.43. The highest BCUT2D eigenvalue weighted by Crippen LogP contribution is 2.29. The molecule has 10 nitrogen and oxygen atoms in total. The van der Waals surface area contributed by atoms with Gasteiger partial charge in [-0.25, -0.2) is 0 Å². The zero-order valence-electron chi connectivity index (χ0n) is 24.2. The molecule has 0 spiro atoms. The van der Waals surface area contributed by atoms with Crippen LogP contribution in [0.25, 0.3) is 0 Å². The first-order valence-corrected chi connectivity index (χ1v) is 13.5. The number of ether oxygens (including phenoxy) is 3. The van der Waals surface area contributed by atoms with Gasteiger partial charge in [-0.15, -0.1) is 10.2 Å². The second-order valence-electron chi connectivity index (χ2n) is 8.65. The van der Waals surface area contributed by atoms with Gasteiger partial charge in [-0.2, -0.15) is 0 Å². The topological polar surface area (TPSA) is 121 Å². The summed E-state index contributed by atoms with van der Waals surface area (Å²) in [4.78, 5) is 37.8. The molecule has 40 heavy (non-hydrogen) atoms. The van der Waals surface area contributed by atoms with Crippen molar-refractivity contribution >= 4 is 23.3 Å². The van der Waals surface area contributed by atoms with Crippen molar-refractivity contribution in [3.63, 3.8) is 0 Å². The van der Waals surface area contributed by atoms with Crippen LogP contribution in [0.15, 0.2) is 46.9 Å². The minimum absolute atomic E-state index is 0.0396. The number of hydrogen-bond donors (Lipinski definition) is 0. The molecule has 0 aliphatic rings. The predicted molar refractivity (Wildman–Crippen MR) is 151 cm³/mol. The fourth-order valence-corrected chi connectivity index (χ4v) is 3.67. The molecule has 1 heterocycles. The summed E-state index contributed by atoms with van der Waals surface area (Å²) in [6.07, 6.45) is 2.38. The maximum absolute atomic E-state index is 13.5. The normalized spacial score (nSPS) is 10.2. The van der Waals surface area contributed by atoms with E-state index in [1.54, 1.807) is 18.2 Å². The Balaban J connectivity index is 0.000000526. The lowest BCUT2D eigenvalue weighted by Crippen LogP contribution is -2.36. The molecule has 3 aromatic rings. The molecule has 0 bridgehead atoms. The molecule has 1 amide bonds. The van der Waals surface area contributed by atoms with E-state index < -0.39 is 0 Å². The highest BCUT2D eigenvalue weighted by Gasteiger charge is 2.24. The van der Waals surface area contributed by atoms with Crippen molar-refractivity contribution in [1.82, 2.24) is 10.2 Å². The molecule has 0 N–H and O–H groups in total. The van der Waals surface area contributed by atoms with Crippen molar-refractivity contribution in [3.8, 4) is 11.5 Å². The van der Waals surface area contributed by atoms with Crippen molar-refractivity contribution in [3.05, 3.63) is 65.4 Å². The second-order valence-corrected chi connectivity index (χ2v) is 8.65. The van der Waals surface area contributed by atoms with Crippen LogP contribution in [0.2, 0.25) is 0 Å².